The fraction of sp³-hybridized carbons (Fsp3) is 0.300. The van der Waals surface area contributed by atoms with Crippen LogP contribution in [0.5, 0.6) is 0 Å². The summed E-state index contributed by atoms with van der Waals surface area (Å²) in [5, 5.41) is 6.91. The van der Waals surface area contributed by atoms with E-state index in [1.807, 2.05) is 0 Å². The van der Waals surface area contributed by atoms with E-state index in [0.717, 1.165) is 25.1 Å². The zero-order chi connectivity index (χ0) is 13.2. The van der Waals surface area contributed by atoms with Crippen LogP contribution in [0.15, 0.2) is 18.2 Å². The van der Waals surface area contributed by atoms with E-state index in [1.165, 1.54) is 0 Å². The summed E-state index contributed by atoms with van der Waals surface area (Å²) in [5.74, 6) is -4.81. The van der Waals surface area contributed by atoms with Crippen molar-refractivity contribution in [3.8, 4) is 0 Å². The Morgan fingerprint density at radius 2 is 2.00 bits per heavy atom. The Balaban J connectivity index is 3.07. The predicted octanol–water partition coefficient (Wildman–Crippen LogP) is 1.35. The minimum absolute atomic E-state index is 0.377. The zero-order valence-electron chi connectivity index (χ0n) is 8.85. The molecule has 7 heteroatoms. The third kappa shape index (κ3) is 3.00. The van der Waals surface area contributed by atoms with Crippen LogP contribution >= 0.6 is 0 Å². The van der Waals surface area contributed by atoms with Crippen LogP contribution in [-0.2, 0) is 20.4 Å². The lowest BCUT2D eigenvalue weighted by Gasteiger charge is -2.09. The van der Waals surface area contributed by atoms with E-state index in [0.29, 0.717) is 0 Å². The van der Waals surface area contributed by atoms with Gasteiger partial charge in [0, 0.05) is 5.56 Å². The molecule has 0 spiro atoms. The smallest absolute Gasteiger partial charge is 0.321 e. The summed E-state index contributed by atoms with van der Waals surface area (Å²) in [6, 6.07) is 3.12. The molecule has 0 fully saturated rings. The van der Waals surface area contributed by atoms with Crippen molar-refractivity contribution in [2.75, 3.05) is 0 Å². The number of benzene rings is 1. The molecule has 0 aliphatic heterocycles. The van der Waals surface area contributed by atoms with Gasteiger partial charge in [-0.05, 0) is 13.0 Å². The molecule has 0 radical (unpaired) electrons. The molecule has 0 saturated carbocycles. The molecule has 1 unspecified atom stereocenters. The predicted molar refractivity (Wildman–Crippen MR) is 56.1 cm³/mol. The zero-order valence-corrected chi connectivity index (χ0v) is 9.67. The van der Waals surface area contributed by atoms with E-state index in [2.05, 4.69) is 0 Å². The van der Waals surface area contributed by atoms with Crippen LogP contribution in [0.25, 0.3) is 0 Å². The van der Waals surface area contributed by atoms with E-state index in [9.17, 15) is 22.0 Å². The van der Waals surface area contributed by atoms with Crippen molar-refractivity contribution in [2.45, 2.75) is 17.9 Å². The van der Waals surface area contributed by atoms with Gasteiger partial charge in [-0.15, -0.1) is 0 Å². The van der Waals surface area contributed by atoms with Gasteiger partial charge >= 0.3 is 5.97 Å². The molecule has 0 bridgehead atoms. The number of hydrogen-bond donors (Lipinski definition) is 1. The molecule has 4 nitrogen and oxygen atoms in total. The number of carboxylic acids is 1. The van der Waals surface area contributed by atoms with E-state index in [4.69, 9.17) is 5.11 Å². The van der Waals surface area contributed by atoms with Crippen molar-refractivity contribution in [1.82, 2.24) is 0 Å². The summed E-state index contributed by atoms with van der Waals surface area (Å²) >= 11 is 0. The van der Waals surface area contributed by atoms with Gasteiger partial charge in [-0.2, -0.15) is 0 Å². The molecule has 0 aromatic heterocycles. The molecule has 1 rings (SSSR count). The highest BCUT2D eigenvalue weighted by Gasteiger charge is 2.29. The Kier molecular flexibility index (Phi) is 3.82. The summed E-state index contributed by atoms with van der Waals surface area (Å²) in [6.07, 6.45) is 0. The van der Waals surface area contributed by atoms with Gasteiger partial charge in [0.1, 0.15) is 0 Å². The quantitative estimate of drug-likeness (QED) is 0.891. The summed E-state index contributed by atoms with van der Waals surface area (Å²) < 4.78 is 49.1. The van der Waals surface area contributed by atoms with Crippen molar-refractivity contribution < 1.29 is 27.1 Å². The Morgan fingerprint density at radius 1 is 1.41 bits per heavy atom. The molecule has 0 saturated heterocycles. The molecular weight excluding hydrogens is 254 g/mol. The molecule has 1 aromatic rings. The van der Waals surface area contributed by atoms with Crippen molar-refractivity contribution in [3.05, 3.63) is 35.4 Å². The van der Waals surface area contributed by atoms with Gasteiger partial charge in [-0.3, -0.25) is 4.79 Å². The third-order valence-electron chi connectivity index (χ3n) is 2.27. The Hall–Kier alpha value is -1.50. The number of halogens is 2. The maximum Gasteiger partial charge on any atom is 0.321 e. The summed E-state index contributed by atoms with van der Waals surface area (Å²) in [4.78, 5) is 10.5. The average molecular weight is 264 g/mol. The molecule has 0 aliphatic rings. The highest BCUT2D eigenvalue weighted by molar-refractivity contribution is 7.91. The Bertz CT molecular complexity index is 539. The summed E-state index contributed by atoms with van der Waals surface area (Å²) in [6.45, 7) is 0.981. The van der Waals surface area contributed by atoms with Gasteiger partial charge in [-0.1, -0.05) is 12.1 Å². The van der Waals surface area contributed by atoms with Crippen molar-refractivity contribution in [3.63, 3.8) is 0 Å². The molecule has 1 aromatic carbocycles. The van der Waals surface area contributed by atoms with Gasteiger partial charge in [0.2, 0.25) is 0 Å². The average Bonchev–Trinajstić information content (AvgIpc) is 2.23. The van der Waals surface area contributed by atoms with Gasteiger partial charge < -0.3 is 5.11 Å². The lowest BCUT2D eigenvalue weighted by molar-refractivity contribution is -0.136. The van der Waals surface area contributed by atoms with Crippen LogP contribution in [0.4, 0.5) is 8.78 Å². The summed E-state index contributed by atoms with van der Waals surface area (Å²) in [5.41, 5.74) is -0.377. The van der Waals surface area contributed by atoms with Crippen molar-refractivity contribution in [2.24, 2.45) is 0 Å². The van der Waals surface area contributed by atoms with Crippen LogP contribution < -0.4 is 0 Å². The van der Waals surface area contributed by atoms with E-state index in [1.54, 1.807) is 0 Å². The number of carbonyl (C=O) groups is 1. The number of carboxylic acid groups (broad SMARTS) is 1. The molecule has 0 heterocycles. The molecule has 94 valence electrons. The first-order valence-corrected chi connectivity index (χ1v) is 6.34. The van der Waals surface area contributed by atoms with E-state index in [-0.39, 0.29) is 5.56 Å². The SMILES string of the molecule is CC(C(=O)O)S(=O)(=O)Cc1cccc(F)c1F. The topological polar surface area (TPSA) is 71.4 Å². The molecule has 17 heavy (non-hydrogen) atoms. The lowest BCUT2D eigenvalue weighted by Crippen LogP contribution is -2.28. The largest absolute Gasteiger partial charge is 0.480 e. The monoisotopic (exact) mass is 264 g/mol. The van der Waals surface area contributed by atoms with Gasteiger partial charge in [0.25, 0.3) is 0 Å². The second-order valence-corrected chi connectivity index (χ2v) is 5.82. The molecule has 1 N–H and O–H groups in total. The second kappa shape index (κ2) is 4.79. The Labute approximate surface area is 96.8 Å². The van der Waals surface area contributed by atoms with Gasteiger partial charge in [0.05, 0.1) is 5.75 Å². The molecule has 0 aliphatic carbocycles. The minimum atomic E-state index is -4.06. The van der Waals surface area contributed by atoms with Gasteiger partial charge in [0.15, 0.2) is 26.7 Å². The number of sulfone groups is 1. The second-order valence-electron chi connectivity index (χ2n) is 3.50. The van der Waals surface area contributed by atoms with Crippen LogP contribution in [0.3, 0.4) is 0 Å². The van der Waals surface area contributed by atoms with Crippen LogP contribution in [-0.4, -0.2) is 24.7 Å². The minimum Gasteiger partial charge on any atom is -0.480 e. The summed E-state index contributed by atoms with van der Waals surface area (Å²) in [7, 11) is -4.06. The lowest BCUT2D eigenvalue weighted by atomic mass is 10.2. The normalized spacial score (nSPS) is 13.4. The Morgan fingerprint density at radius 3 is 2.53 bits per heavy atom. The number of hydrogen-bond acceptors (Lipinski definition) is 3. The molecule has 0 amide bonds. The van der Waals surface area contributed by atoms with Crippen molar-refractivity contribution >= 4 is 15.8 Å². The maximum absolute atomic E-state index is 13.2. The first-order chi connectivity index (χ1) is 7.75. The van der Waals surface area contributed by atoms with E-state index >= 15 is 0 Å². The molecular formula is C10H10F2O4S. The highest BCUT2D eigenvalue weighted by Crippen LogP contribution is 2.17. The van der Waals surface area contributed by atoms with Crippen LogP contribution in [0.1, 0.15) is 12.5 Å². The van der Waals surface area contributed by atoms with Crippen LogP contribution in [0.2, 0.25) is 0 Å². The fourth-order valence-corrected chi connectivity index (χ4v) is 2.37. The van der Waals surface area contributed by atoms with E-state index < -0.39 is 38.4 Å². The highest BCUT2D eigenvalue weighted by atomic mass is 32.2. The number of aliphatic carboxylic acids is 1. The standard InChI is InChI=1S/C10H10F2O4S/c1-6(10(13)14)17(15,16)5-7-3-2-4-8(11)9(7)12/h2-4,6H,5H2,1H3,(H,13,14). The molecule has 1 atom stereocenters. The number of rotatable bonds is 4. The van der Waals surface area contributed by atoms with Gasteiger partial charge in [-0.25, -0.2) is 17.2 Å². The van der Waals surface area contributed by atoms with Crippen molar-refractivity contribution in [1.29, 1.82) is 0 Å². The maximum atomic E-state index is 13.2. The third-order valence-corrected chi connectivity index (χ3v) is 4.27. The first-order valence-electron chi connectivity index (χ1n) is 4.63. The fourth-order valence-electron chi connectivity index (χ4n) is 1.16. The first kappa shape index (κ1) is 13.6. The van der Waals surface area contributed by atoms with Crippen LogP contribution in [0, 0.1) is 11.6 Å².